The van der Waals surface area contributed by atoms with Crippen LogP contribution in [0, 0.1) is 0 Å². The zero-order chi connectivity index (χ0) is 14.8. The van der Waals surface area contributed by atoms with Gasteiger partial charge in [0, 0.05) is 11.4 Å². The summed E-state index contributed by atoms with van der Waals surface area (Å²) in [4.78, 5) is 12.3. The third kappa shape index (κ3) is 2.51. The molecule has 3 aromatic rings. The molecule has 4 heteroatoms. The molecule has 0 radical (unpaired) electrons. The molecule has 2 heterocycles. The Balaban J connectivity index is 1.66. The van der Waals surface area contributed by atoms with E-state index in [1.54, 1.807) is 0 Å². The maximum absolute atomic E-state index is 4.58. The van der Waals surface area contributed by atoms with Crippen LogP contribution in [0.15, 0.2) is 60.8 Å². The van der Waals surface area contributed by atoms with E-state index in [9.17, 15) is 0 Å². The normalized spacial score (nSPS) is 14.1. The summed E-state index contributed by atoms with van der Waals surface area (Å²) >= 11 is 0. The van der Waals surface area contributed by atoms with Gasteiger partial charge >= 0.3 is 0 Å². The topological polar surface area (TPSA) is 53.6 Å². The molecule has 4 rings (SSSR count). The Morgan fingerprint density at radius 1 is 1.09 bits per heavy atom. The number of nitrogens with one attached hydrogen (secondary N) is 2. The molecule has 0 unspecified atom stereocenters. The highest BCUT2D eigenvalue weighted by atomic mass is 15.1. The summed E-state index contributed by atoms with van der Waals surface area (Å²) in [7, 11) is 0. The maximum atomic E-state index is 4.58. The average molecular weight is 288 g/mol. The number of aromatic amines is 1. The fourth-order valence-corrected chi connectivity index (χ4v) is 2.60. The number of fused-ring (bicyclic) bond motifs is 1. The Labute approximate surface area is 128 Å². The minimum Gasteiger partial charge on any atom is -0.352 e. The van der Waals surface area contributed by atoms with Crippen LogP contribution in [0.3, 0.4) is 0 Å². The highest BCUT2D eigenvalue weighted by Crippen LogP contribution is 2.24. The maximum Gasteiger partial charge on any atom is 0.227 e. The molecule has 0 fully saturated rings. The van der Waals surface area contributed by atoms with Crippen molar-refractivity contribution in [3.63, 3.8) is 0 Å². The van der Waals surface area contributed by atoms with Crippen LogP contribution < -0.4 is 5.32 Å². The molecule has 2 aromatic heterocycles. The van der Waals surface area contributed by atoms with E-state index in [1.165, 1.54) is 5.57 Å². The van der Waals surface area contributed by atoms with Crippen LogP contribution in [-0.4, -0.2) is 15.0 Å². The molecule has 0 saturated heterocycles. The Hall–Kier alpha value is -2.88. The molecule has 1 aliphatic rings. The van der Waals surface area contributed by atoms with Gasteiger partial charge in [-0.05, 0) is 36.6 Å². The lowest BCUT2D eigenvalue weighted by molar-refractivity contribution is 1.04. The molecule has 0 saturated carbocycles. The molecule has 108 valence electrons. The Bertz CT molecular complexity index is 859. The largest absolute Gasteiger partial charge is 0.352 e. The second-order valence-electron chi connectivity index (χ2n) is 5.31. The molecular weight excluding hydrogens is 272 g/mol. The number of H-pyrrole nitrogens is 1. The Morgan fingerprint density at radius 2 is 2.00 bits per heavy atom. The molecule has 0 bridgehead atoms. The quantitative estimate of drug-likeness (QED) is 0.749. The predicted octanol–water partition coefficient (Wildman–Crippen LogP) is 4.43. The number of anilines is 2. The van der Waals surface area contributed by atoms with E-state index in [4.69, 9.17) is 0 Å². The van der Waals surface area contributed by atoms with Crippen LogP contribution in [0.1, 0.15) is 18.5 Å². The number of aromatic nitrogens is 3. The first-order valence-corrected chi connectivity index (χ1v) is 7.43. The van der Waals surface area contributed by atoms with Crippen molar-refractivity contribution in [3.05, 3.63) is 66.5 Å². The number of para-hydroxylation sites is 1. The van der Waals surface area contributed by atoms with Gasteiger partial charge in [0.05, 0.1) is 17.2 Å². The molecule has 1 aromatic carbocycles. The molecule has 0 aliphatic heterocycles. The van der Waals surface area contributed by atoms with E-state index in [1.807, 2.05) is 36.5 Å². The van der Waals surface area contributed by atoms with Gasteiger partial charge in [0.15, 0.2) is 0 Å². The molecule has 0 spiro atoms. The number of rotatable bonds is 3. The zero-order valence-electron chi connectivity index (χ0n) is 12.1. The van der Waals surface area contributed by atoms with Crippen molar-refractivity contribution in [2.75, 3.05) is 5.32 Å². The van der Waals surface area contributed by atoms with Crippen LogP contribution >= 0.6 is 0 Å². The second kappa shape index (κ2) is 5.48. The predicted molar refractivity (Wildman–Crippen MR) is 90.0 cm³/mol. The lowest BCUT2D eigenvalue weighted by atomic mass is 10.0. The van der Waals surface area contributed by atoms with Crippen molar-refractivity contribution in [2.24, 2.45) is 0 Å². The van der Waals surface area contributed by atoms with E-state index in [0.717, 1.165) is 35.3 Å². The van der Waals surface area contributed by atoms with Gasteiger partial charge in [-0.25, -0.2) is 9.97 Å². The smallest absolute Gasteiger partial charge is 0.227 e. The molecule has 1 aliphatic carbocycles. The summed E-state index contributed by atoms with van der Waals surface area (Å²) in [5.74, 6) is 0.609. The Kier molecular flexibility index (Phi) is 3.20. The van der Waals surface area contributed by atoms with Gasteiger partial charge in [0.2, 0.25) is 5.95 Å². The Morgan fingerprint density at radius 3 is 2.82 bits per heavy atom. The van der Waals surface area contributed by atoms with E-state index in [2.05, 4.69) is 44.6 Å². The number of hydrogen-bond acceptors (Lipinski definition) is 3. The first-order chi connectivity index (χ1) is 10.9. The number of benzene rings is 1. The molecule has 0 atom stereocenters. The SMILES string of the molecule is C1=CC(c2cc3nc(Nc4ccccc4)ncc3[nH]2)=CCC1. The van der Waals surface area contributed by atoms with Crippen molar-refractivity contribution in [1.29, 1.82) is 0 Å². The van der Waals surface area contributed by atoms with E-state index < -0.39 is 0 Å². The van der Waals surface area contributed by atoms with Gasteiger partial charge in [-0.2, -0.15) is 0 Å². The summed E-state index contributed by atoms with van der Waals surface area (Å²) in [6.07, 6.45) is 10.6. The van der Waals surface area contributed by atoms with Crippen LogP contribution in [0.4, 0.5) is 11.6 Å². The summed E-state index contributed by atoms with van der Waals surface area (Å²) < 4.78 is 0. The lowest BCUT2D eigenvalue weighted by Gasteiger charge is -2.03. The van der Waals surface area contributed by atoms with Crippen LogP contribution in [0.2, 0.25) is 0 Å². The standard InChI is InChI=1S/C18H16N4/c1-3-7-13(8-4-1)15-11-16-17(21-15)12-19-18(22-16)20-14-9-5-2-6-10-14/h2-3,5-12,21H,1,4H2,(H,19,20,22). The molecule has 0 amide bonds. The van der Waals surface area contributed by atoms with Crippen molar-refractivity contribution < 1.29 is 0 Å². The van der Waals surface area contributed by atoms with Crippen LogP contribution in [0.25, 0.3) is 16.6 Å². The van der Waals surface area contributed by atoms with Crippen molar-refractivity contribution in [2.45, 2.75) is 12.8 Å². The highest BCUT2D eigenvalue weighted by Gasteiger charge is 2.08. The van der Waals surface area contributed by atoms with Gasteiger partial charge in [0.1, 0.15) is 0 Å². The van der Waals surface area contributed by atoms with E-state index in [-0.39, 0.29) is 0 Å². The number of allylic oxidation sites excluding steroid dienone is 4. The van der Waals surface area contributed by atoms with Crippen molar-refractivity contribution in [1.82, 2.24) is 15.0 Å². The lowest BCUT2D eigenvalue weighted by Crippen LogP contribution is -1.95. The average Bonchev–Trinajstić information content (AvgIpc) is 3.00. The van der Waals surface area contributed by atoms with Crippen LogP contribution in [-0.2, 0) is 0 Å². The monoisotopic (exact) mass is 288 g/mol. The fraction of sp³-hybridized carbons (Fsp3) is 0.111. The molecule has 2 N–H and O–H groups in total. The number of nitrogens with zero attached hydrogens (tertiary/aromatic N) is 2. The second-order valence-corrected chi connectivity index (χ2v) is 5.31. The highest BCUT2D eigenvalue weighted by molar-refractivity contribution is 5.84. The van der Waals surface area contributed by atoms with Gasteiger partial charge in [-0.1, -0.05) is 36.4 Å². The minimum atomic E-state index is 0.609. The van der Waals surface area contributed by atoms with E-state index >= 15 is 0 Å². The van der Waals surface area contributed by atoms with Gasteiger partial charge < -0.3 is 10.3 Å². The summed E-state index contributed by atoms with van der Waals surface area (Å²) in [6.45, 7) is 0. The molecule has 4 nitrogen and oxygen atoms in total. The van der Waals surface area contributed by atoms with Crippen LogP contribution in [0.5, 0.6) is 0 Å². The zero-order valence-corrected chi connectivity index (χ0v) is 12.1. The molecular formula is C18H16N4. The van der Waals surface area contributed by atoms with Crippen molar-refractivity contribution >= 4 is 28.2 Å². The summed E-state index contributed by atoms with van der Waals surface area (Å²) in [5.41, 5.74) is 5.17. The summed E-state index contributed by atoms with van der Waals surface area (Å²) in [6, 6.07) is 12.0. The van der Waals surface area contributed by atoms with Gasteiger partial charge in [0.25, 0.3) is 0 Å². The number of hydrogen-bond donors (Lipinski definition) is 2. The van der Waals surface area contributed by atoms with E-state index in [0.29, 0.717) is 5.95 Å². The third-order valence-corrected chi connectivity index (χ3v) is 3.70. The minimum absolute atomic E-state index is 0.609. The first-order valence-electron chi connectivity index (χ1n) is 7.43. The fourth-order valence-electron chi connectivity index (χ4n) is 2.60. The van der Waals surface area contributed by atoms with Crippen molar-refractivity contribution in [3.8, 4) is 0 Å². The molecule has 22 heavy (non-hydrogen) atoms. The first kappa shape index (κ1) is 12.8. The van der Waals surface area contributed by atoms with Gasteiger partial charge in [-0.3, -0.25) is 0 Å². The summed E-state index contributed by atoms with van der Waals surface area (Å²) in [5, 5.41) is 3.22. The third-order valence-electron chi connectivity index (χ3n) is 3.70. The van der Waals surface area contributed by atoms with Gasteiger partial charge in [-0.15, -0.1) is 0 Å².